The van der Waals surface area contributed by atoms with E-state index >= 15 is 0 Å². The molecule has 2 atom stereocenters. The lowest BCUT2D eigenvalue weighted by atomic mass is 9.92. The standard InChI is InChI=1S/C18H30N2O4/c1-3-15(4-2)20-12-14(10-16(20)21)18(24)19-9-5-6-13(11-19)7-8-17(22)23/h13-15H,3-12H2,1-2H3,(H,22,23). The Bertz CT molecular complexity index is 476. The number of aliphatic carboxylic acids is 1. The van der Waals surface area contributed by atoms with Gasteiger partial charge in [-0.1, -0.05) is 13.8 Å². The maximum Gasteiger partial charge on any atom is 0.303 e. The van der Waals surface area contributed by atoms with Crippen molar-refractivity contribution in [3.63, 3.8) is 0 Å². The average Bonchev–Trinajstić information content (AvgIpc) is 2.95. The van der Waals surface area contributed by atoms with Crippen LogP contribution in [0.2, 0.25) is 0 Å². The van der Waals surface area contributed by atoms with Gasteiger partial charge in [0, 0.05) is 38.5 Å². The fourth-order valence-corrected chi connectivity index (χ4v) is 4.07. The molecule has 2 aliphatic rings. The number of hydrogen-bond acceptors (Lipinski definition) is 3. The summed E-state index contributed by atoms with van der Waals surface area (Å²) in [7, 11) is 0. The summed E-state index contributed by atoms with van der Waals surface area (Å²) < 4.78 is 0. The molecule has 136 valence electrons. The first-order chi connectivity index (χ1) is 11.5. The number of carbonyl (C=O) groups is 3. The van der Waals surface area contributed by atoms with Crippen LogP contribution in [0.3, 0.4) is 0 Å². The minimum Gasteiger partial charge on any atom is -0.481 e. The Morgan fingerprint density at radius 3 is 2.58 bits per heavy atom. The van der Waals surface area contributed by atoms with Crippen molar-refractivity contribution in [2.45, 2.75) is 64.8 Å². The van der Waals surface area contributed by atoms with Crippen molar-refractivity contribution < 1.29 is 19.5 Å². The highest BCUT2D eigenvalue weighted by atomic mass is 16.4. The van der Waals surface area contributed by atoms with E-state index in [1.165, 1.54) is 0 Å². The van der Waals surface area contributed by atoms with Crippen LogP contribution in [0.4, 0.5) is 0 Å². The van der Waals surface area contributed by atoms with Crippen LogP contribution in [0.15, 0.2) is 0 Å². The molecule has 0 radical (unpaired) electrons. The van der Waals surface area contributed by atoms with E-state index < -0.39 is 5.97 Å². The van der Waals surface area contributed by atoms with E-state index in [-0.39, 0.29) is 36.1 Å². The van der Waals surface area contributed by atoms with Crippen LogP contribution < -0.4 is 0 Å². The zero-order chi connectivity index (χ0) is 17.7. The van der Waals surface area contributed by atoms with Crippen LogP contribution in [-0.2, 0) is 14.4 Å². The first-order valence-corrected chi connectivity index (χ1v) is 9.26. The third-order valence-electron chi connectivity index (χ3n) is 5.49. The second kappa shape index (κ2) is 8.49. The fraction of sp³-hybridized carbons (Fsp3) is 0.833. The van der Waals surface area contributed by atoms with Gasteiger partial charge < -0.3 is 14.9 Å². The number of hydrogen-bond donors (Lipinski definition) is 1. The molecule has 0 aliphatic carbocycles. The van der Waals surface area contributed by atoms with Crippen LogP contribution in [0, 0.1) is 11.8 Å². The van der Waals surface area contributed by atoms with Gasteiger partial charge in [0.25, 0.3) is 0 Å². The smallest absolute Gasteiger partial charge is 0.303 e. The lowest BCUT2D eigenvalue weighted by molar-refractivity contribution is -0.138. The van der Waals surface area contributed by atoms with Crippen LogP contribution in [-0.4, -0.2) is 58.4 Å². The minimum absolute atomic E-state index is 0.0804. The molecule has 0 aromatic carbocycles. The highest BCUT2D eigenvalue weighted by molar-refractivity contribution is 5.89. The summed E-state index contributed by atoms with van der Waals surface area (Å²) in [6, 6.07) is 0.236. The number of carboxylic acids is 1. The van der Waals surface area contributed by atoms with Crippen molar-refractivity contribution in [3.05, 3.63) is 0 Å². The van der Waals surface area contributed by atoms with Crippen molar-refractivity contribution in [2.75, 3.05) is 19.6 Å². The molecule has 1 N–H and O–H groups in total. The normalized spacial score (nSPS) is 24.7. The first kappa shape index (κ1) is 18.7. The van der Waals surface area contributed by atoms with E-state index in [0.29, 0.717) is 25.9 Å². The molecule has 2 unspecified atom stereocenters. The van der Waals surface area contributed by atoms with Gasteiger partial charge in [-0.3, -0.25) is 14.4 Å². The summed E-state index contributed by atoms with van der Waals surface area (Å²) in [6.07, 6.45) is 4.87. The monoisotopic (exact) mass is 338 g/mol. The van der Waals surface area contributed by atoms with Gasteiger partial charge in [0.2, 0.25) is 11.8 Å². The summed E-state index contributed by atoms with van der Waals surface area (Å²) in [4.78, 5) is 39.6. The van der Waals surface area contributed by atoms with Gasteiger partial charge in [-0.15, -0.1) is 0 Å². The molecule has 6 nitrogen and oxygen atoms in total. The molecular formula is C18H30N2O4. The Kier molecular flexibility index (Phi) is 6.63. The second-order valence-corrected chi connectivity index (χ2v) is 7.14. The molecule has 24 heavy (non-hydrogen) atoms. The SMILES string of the molecule is CCC(CC)N1CC(C(=O)N2CCCC(CCC(=O)O)C2)CC1=O. The topological polar surface area (TPSA) is 77.9 Å². The Balaban J connectivity index is 1.91. The molecule has 0 saturated carbocycles. The summed E-state index contributed by atoms with van der Waals surface area (Å²) in [6.45, 7) is 6.07. The second-order valence-electron chi connectivity index (χ2n) is 7.14. The average molecular weight is 338 g/mol. The van der Waals surface area contributed by atoms with Crippen molar-refractivity contribution >= 4 is 17.8 Å². The van der Waals surface area contributed by atoms with Crippen molar-refractivity contribution in [1.82, 2.24) is 9.80 Å². The van der Waals surface area contributed by atoms with Crippen LogP contribution >= 0.6 is 0 Å². The molecule has 0 spiro atoms. The fourth-order valence-electron chi connectivity index (χ4n) is 4.07. The van der Waals surface area contributed by atoms with E-state index in [1.807, 2.05) is 9.80 Å². The van der Waals surface area contributed by atoms with Crippen molar-refractivity contribution in [1.29, 1.82) is 0 Å². The number of nitrogens with zero attached hydrogens (tertiary/aromatic N) is 2. The minimum atomic E-state index is -0.777. The van der Waals surface area contributed by atoms with Gasteiger partial charge in [0.15, 0.2) is 0 Å². The molecule has 0 aromatic heterocycles. The van der Waals surface area contributed by atoms with Crippen LogP contribution in [0.25, 0.3) is 0 Å². The molecule has 2 saturated heterocycles. The molecule has 2 fully saturated rings. The number of piperidine rings is 1. The summed E-state index contributed by atoms with van der Waals surface area (Å²) >= 11 is 0. The number of carbonyl (C=O) groups excluding carboxylic acids is 2. The van der Waals surface area contributed by atoms with Gasteiger partial charge in [0.05, 0.1) is 5.92 Å². The van der Waals surface area contributed by atoms with Crippen molar-refractivity contribution in [3.8, 4) is 0 Å². The Morgan fingerprint density at radius 2 is 1.96 bits per heavy atom. The lowest BCUT2D eigenvalue weighted by Crippen LogP contribution is -2.44. The first-order valence-electron chi connectivity index (χ1n) is 9.26. The van der Waals surface area contributed by atoms with E-state index in [4.69, 9.17) is 5.11 Å². The third-order valence-corrected chi connectivity index (χ3v) is 5.49. The highest BCUT2D eigenvalue weighted by Gasteiger charge is 2.39. The molecule has 2 heterocycles. The van der Waals surface area contributed by atoms with Crippen LogP contribution in [0.5, 0.6) is 0 Å². The predicted octanol–water partition coefficient (Wildman–Crippen LogP) is 2.13. The molecule has 0 aromatic rings. The largest absolute Gasteiger partial charge is 0.481 e. The Labute approximate surface area is 144 Å². The van der Waals surface area contributed by atoms with Gasteiger partial charge in [0.1, 0.15) is 0 Å². The highest BCUT2D eigenvalue weighted by Crippen LogP contribution is 2.27. The summed E-state index contributed by atoms with van der Waals surface area (Å²) in [5.41, 5.74) is 0. The number of amides is 2. The molecule has 0 bridgehead atoms. The number of likely N-dealkylation sites (tertiary alicyclic amines) is 2. The molecule has 2 aliphatic heterocycles. The van der Waals surface area contributed by atoms with E-state index in [0.717, 1.165) is 32.2 Å². The van der Waals surface area contributed by atoms with E-state index in [9.17, 15) is 14.4 Å². The maximum atomic E-state index is 12.8. The Morgan fingerprint density at radius 1 is 1.25 bits per heavy atom. The van der Waals surface area contributed by atoms with Crippen LogP contribution in [0.1, 0.15) is 58.8 Å². The van der Waals surface area contributed by atoms with Gasteiger partial charge >= 0.3 is 5.97 Å². The van der Waals surface area contributed by atoms with Gasteiger partial charge in [-0.25, -0.2) is 0 Å². The third kappa shape index (κ3) is 4.48. The maximum absolute atomic E-state index is 12.8. The molecule has 2 amide bonds. The molecule has 2 rings (SSSR count). The van der Waals surface area contributed by atoms with Crippen molar-refractivity contribution in [2.24, 2.45) is 11.8 Å². The quantitative estimate of drug-likeness (QED) is 0.771. The van der Waals surface area contributed by atoms with E-state index in [2.05, 4.69) is 13.8 Å². The zero-order valence-electron chi connectivity index (χ0n) is 14.9. The zero-order valence-corrected chi connectivity index (χ0v) is 14.9. The van der Waals surface area contributed by atoms with Gasteiger partial charge in [-0.05, 0) is 38.0 Å². The lowest BCUT2D eigenvalue weighted by Gasteiger charge is -2.34. The molecular weight excluding hydrogens is 308 g/mol. The van der Waals surface area contributed by atoms with E-state index in [1.54, 1.807) is 0 Å². The predicted molar refractivity (Wildman–Crippen MR) is 90.4 cm³/mol. The Hall–Kier alpha value is -1.59. The number of rotatable bonds is 7. The summed E-state index contributed by atoms with van der Waals surface area (Å²) in [5, 5.41) is 8.83. The number of carboxylic acid groups (broad SMARTS) is 1. The molecule has 6 heteroatoms. The van der Waals surface area contributed by atoms with Gasteiger partial charge in [-0.2, -0.15) is 0 Å². The summed E-state index contributed by atoms with van der Waals surface area (Å²) in [5.74, 6) is -0.554.